The maximum atomic E-state index is 13.7. The van der Waals surface area contributed by atoms with Crippen molar-refractivity contribution in [3.8, 4) is 0 Å². The van der Waals surface area contributed by atoms with Crippen LogP contribution in [0, 0.1) is 28.6 Å². The molecule has 4 bridgehead atoms. The number of Topliss-reactive ketones (excluding diaryl/α,β-unsaturated/α-hetero) is 1. The number of carbonyl (C=O) groups is 1. The summed E-state index contributed by atoms with van der Waals surface area (Å²) in [6.07, 6.45) is 1.29. The number of hydrogen-bond acceptors (Lipinski definition) is 8. The van der Waals surface area contributed by atoms with Crippen LogP contribution in [0.2, 0.25) is 0 Å². The van der Waals surface area contributed by atoms with E-state index in [2.05, 4.69) is 32.3 Å². The first-order chi connectivity index (χ1) is 15.1. The smallest absolute Gasteiger partial charge is 0.208 e. The normalized spacial score (nSPS) is 46.2. The molecule has 0 aromatic carbocycles. The molecule has 0 unspecified atom stereocenters. The molecular formula is C24H31ClN2O5S. The molecule has 3 heterocycles. The summed E-state index contributed by atoms with van der Waals surface area (Å²) in [5.41, 5.74) is -1.58. The minimum Gasteiger partial charge on any atom is -0.391 e. The zero-order chi connectivity index (χ0) is 22.8. The van der Waals surface area contributed by atoms with Gasteiger partial charge in [-0.1, -0.05) is 26.5 Å². The van der Waals surface area contributed by atoms with Crippen LogP contribution in [0.4, 0.5) is 5.13 Å². The van der Waals surface area contributed by atoms with Crippen LogP contribution in [0.1, 0.15) is 37.3 Å². The Kier molecular flexibility index (Phi) is 4.90. The number of fused-ring (bicyclic) bond motifs is 3. The van der Waals surface area contributed by atoms with E-state index in [0.29, 0.717) is 31.4 Å². The van der Waals surface area contributed by atoms with Crippen LogP contribution in [-0.4, -0.2) is 57.2 Å². The first-order valence-electron chi connectivity index (χ1n) is 11.4. The molecule has 2 spiro atoms. The van der Waals surface area contributed by atoms with E-state index >= 15 is 0 Å². The number of rotatable bonds is 3. The second kappa shape index (κ2) is 6.89. The quantitative estimate of drug-likeness (QED) is 0.376. The molecule has 4 N–H and O–H groups in total. The van der Waals surface area contributed by atoms with Crippen molar-refractivity contribution in [3.63, 3.8) is 0 Å². The Morgan fingerprint density at radius 1 is 1.30 bits per heavy atom. The molecule has 7 nitrogen and oxygen atoms in total. The van der Waals surface area contributed by atoms with Gasteiger partial charge in [-0.3, -0.25) is 4.79 Å². The first-order valence-corrected chi connectivity index (χ1v) is 12.2. The molecular weight excluding hydrogens is 464 g/mol. The van der Waals surface area contributed by atoms with Crippen molar-refractivity contribution in [2.45, 2.75) is 56.5 Å². The fourth-order valence-electron chi connectivity index (χ4n) is 8.33. The molecule has 6 aliphatic rings. The van der Waals surface area contributed by atoms with Crippen molar-refractivity contribution in [3.05, 3.63) is 35.4 Å². The van der Waals surface area contributed by atoms with Gasteiger partial charge in [0.25, 0.3) is 0 Å². The molecule has 0 amide bonds. The summed E-state index contributed by atoms with van der Waals surface area (Å²) in [6, 6.07) is 0. The minimum atomic E-state index is -2.15. The van der Waals surface area contributed by atoms with E-state index < -0.39 is 40.7 Å². The number of halogens is 1. The third-order valence-electron chi connectivity index (χ3n) is 9.29. The Labute approximate surface area is 203 Å². The number of ether oxygens (including phenoxy) is 1. The fourth-order valence-corrected chi connectivity index (χ4v) is 9.63. The number of aliphatic hydroxyl groups is 3. The van der Waals surface area contributed by atoms with E-state index in [1.807, 2.05) is 0 Å². The van der Waals surface area contributed by atoms with Crippen LogP contribution in [0.5, 0.6) is 0 Å². The van der Waals surface area contributed by atoms with Crippen LogP contribution < -0.4 is 5.32 Å². The predicted octanol–water partition coefficient (Wildman–Crippen LogP) is 2.20. The monoisotopic (exact) mass is 494 g/mol. The second-order valence-electron chi connectivity index (χ2n) is 11.0. The van der Waals surface area contributed by atoms with Gasteiger partial charge in [-0.15, -0.1) is 30.3 Å². The maximum Gasteiger partial charge on any atom is 0.208 e. The standard InChI is InChI=1S/C24H30N2O5S.ClH/c1-5-8-25-20-26-16-13(32-20)9-21(3,4)15-19(29)24(30)23-14(22(15,16)10-31-24)7-6-12(18(23)28)11(2)17(23)27;/h5,12,14-15,18-19,28-30H,1-2,6-10H2,3-4H3,(H,25,26);1H/t12-,14-,15+,18+,19-,22-,23-,24+;/m0./s1. The number of carbonyl (C=O) groups excluding carboxylic acids is 1. The Hall–Kier alpha value is -1.29. The van der Waals surface area contributed by atoms with Crippen LogP contribution in [0.3, 0.4) is 0 Å². The topological polar surface area (TPSA) is 112 Å². The first kappa shape index (κ1) is 23.5. The average Bonchev–Trinajstić information content (AvgIpc) is 3.18. The minimum absolute atomic E-state index is 0. The van der Waals surface area contributed by atoms with Crippen molar-refractivity contribution in [2.75, 3.05) is 18.5 Å². The highest BCUT2D eigenvalue weighted by Crippen LogP contribution is 2.75. The summed E-state index contributed by atoms with van der Waals surface area (Å²) in [4.78, 5) is 19.8. The number of hydrogen-bond donors (Lipinski definition) is 4. The number of nitrogens with one attached hydrogen (secondary N) is 1. The number of anilines is 1. The van der Waals surface area contributed by atoms with E-state index in [4.69, 9.17) is 9.72 Å². The van der Waals surface area contributed by atoms with Crippen LogP contribution in [-0.2, 0) is 21.4 Å². The van der Waals surface area contributed by atoms with Gasteiger partial charge in [0.15, 0.2) is 10.9 Å². The lowest BCUT2D eigenvalue weighted by molar-refractivity contribution is -0.429. The van der Waals surface area contributed by atoms with Gasteiger partial charge in [0.1, 0.15) is 11.5 Å². The zero-order valence-corrected chi connectivity index (χ0v) is 20.5. The third-order valence-corrected chi connectivity index (χ3v) is 10.3. The Balaban J connectivity index is 0.00000228. The Bertz CT molecular complexity index is 1070. The highest BCUT2D eigenvalue weighted by atomic mass is 35.5. The summed E-state index contributed by atoms with van der Waals surface area (Å²) in [6.45, 7) is 12.7. The third kappa shape index (κ3) is 2.31. The molecule has 7 rings (SSSR count). The predicted molar refractivity (Wildman–Crippen MR) is 126 cm³/mol. The van der Waals surface area contributed by atoms with E-state index in [0.717, 1.165) is 15.7 Å². The van der Waals surface area contributed by atoms with Crippen LogP contribution in [0.15, 0.2) is 24.8 Å². The lowest BCUT2D eigenvalue weighted by atomic mass is 9.36. The second-order valence-corrected chi connectivity index (χ2v) is 12.1. The number of nitrogens with zero attached hydrogens (tertiary/aromatic N) is 1. The zero-order valence-electron chi connectivity index (χ0n) is 18.8. The van der Waals surface area contributed by atoms with Gasteiger partial charge in [-0.25, -0.2) is 4.98 Å². The van der Waals surface area contributed by atoms with E-state index in [9.17, 15) is 20.1 Å². The molecule has 180 valence electrons. The van der Waals surface area contributed by atoms with E-state index in [1.165, 1.54) is 0 Å². The van der Waals surface area contributed by atoms with E-state index in [-0.39, 0.29) is 36.1 Å². The van der Waals surface area contributed by atoms with Crippen LogP contribution >= 0.6 is 23.7 Å². The lowest BCUT2D eigenvalue weighted by Crippen LogP contribution is -2.85. The molecule has 4 aliphatic carbocycles. The van der Waals surface area contributed by atoms with Crippen molar-refractivity contribution in [1.29, 1.82) is 0 Å². The summed E-state index contributed by atoms with van der Waals surface area (Å²) in [5.74, 6) is -3.68. The van der Waals surface area contributed by atoms with Crippen LogP contribution in [0.25, 0.3) is 0 Å². The highest BCUT2D eigenvalue weighted by molar-refractivity contribution is 7.15. The van der Waals surface area contributed by atoms with Gasteiger partial charge in [0, 0.05) is 28.7 Å². The van der Waals surface area contributed by atoms with Gasteiger partial charge < -0.3 is 25.4 Å². The lowest BCUT2D eigenvalue weighted by Gasteiger charge is -2.73. The Morgan fingerprint density at radius 3 is 2.73 bits per heavy atom. The summed E-state index contributed by atoms with van der Waals surface area (Å²) >= 11 is 1.59. The summed E-state index contributed by atoms with van der Waals surface area (Å²) in [5, 5.41) is 39.1. The number of thiazole rings is 1. The van der Waals surface area contributed by atoms with Crippen molar-refractivity contribution < 1.29 is 24.9 Å². The molecule has 3 saturated carbocycles. The van der Waals surface area contributed by atoms with Gasteiger partial charge >= 0.3 is 0 Å². The number of aromatic nitrogens is 1. The summed E-state index contributed by atoms with van der Waals surface area (Å²) < 4.78 is 6.07. The fraction of sp³-hybridized carbons (Fsp3) is 0.667. The van der Waals surface area contributed by atoms with Crippen molar-refractivity contribution >= 4 is 34.7 Å². The molecule has 5 fully saturated rings. The highest BCUT2D eigenvalue weighted by Gasteiger charge is 2.86. The molecule has 2 saturated heterocycles. The van der Waals surface area contributed by atoms with Gasteiger partial charge in [0.2, 0.25) is 5.79 Å². The maximum absolute atomic E-state index is 13.7. The molecule has 1 aromatic heterocycles. The van der Waals surface area contributed by atoms with Gasteiger partial charge in [-0.05, 0) is 36.2 Å². The number of aliphatic hydroxyl groups excluding tert-OH is 2. The van der Waals surface area contributed by atoms with Gasteiger partial charge in [0.05, 0.1) is 18.4 Å². The van der Waals surface area contributed by atoms with Crippen molar-refractivity contribution in [1.82, 2.24) is 4.98 Å². The summed E-state index contributed by atoms with van der Waals surface area (Å²) in [7, 11) is 0. The molecule has 33 heavy (non-hydrogen) atoms. The van der Waals surface area contributed by atoms with Gasteiger partial charge in [-0.2, -0.15) is 0 Å². The molecule has 1 aromatic rings. The SMILES string of the molecule is C=CCNc1nc2c(s1)CC(C)(C)[C@H]1[C@H](O)[C@@]3(O)OC[C@@]21[C@@H]1CC[C@H]2C(=C)C(=O)[C@]13[C@@H]2O.Cl. The Morgan fingerprint density at radius 2 is 2.03 bits per heavy atom. The molecule has 2 aliphatic heterocycles. The average molecular weight is 495 g/mol. The van der Waals surface area contributed by atoms with Crippen molar-refractivity contribution in [2.24, 2.45) is 28.6 Å². The molecule has 0 radical (unpaired) electrons. The number of ketones is 1. The largest absolute Gasteiger partial charge is 0.391 e. The molecule has 8 atom stereocenters. The molecule has 9 heteroatoms. The van der Waals surface area contributed by atoms with E-state index in [1.54, 1.807) is 17.4 Å².